The largest absolute Gasteiger partial charge is 0.456 e. The summed E-state index contributed by atoms with van der Waals surface area (Å²) in [4.78, 5) is 25.6. The molecule has 0 bridgehead atoms. The van der Waals surface area contributed by atoms with Crippen molar-refractivity contribution < 1.29 is 36.3 Å². The molecule has 0 spiro atoms. The molecule has 0 radical (unpaired) electrons. The maximum atomic E-state index is 13.8. The molecule has 0 saturated carbocycles. The molecule has 3 aromatic carbocycles. The van der Waals surface area contributed by atoms with Gasteiger partial charge in [0.1, 0.15) is 28.7 Å². The molecule has 0 unspecified atom stereocenters. The second-order valence-corrected chi connectivity index (χ2v) is 7.52. The van der Waals surface area contributed by atoms with Crippen LogP contribution in [0.2, 0.25) is 5.02 Å². The van der Waals surface area contributed by atoms with Crippen molar-refractivity contribution in [1.82, 2.24) is 5.32 Å². The molecule has 0 saturated heterocycles. The fourth-order valence-corrected chi connectivity index (χ4v) is 3.13. The lowest BCUT2D eigenvalue weighted by Crippen LogP contribution is -2.41. The van der Waals surface area contributed by atoms with Gasteiger partial charge in [-0.3, -0.25) is 15.0 Å². The summed E-state index contributed by atoms with van der Waals surface area (Å²) in [6, 6.07) is 8.95. The number of amides is 3. The monoisotopic (exact) mass is 498 g/mol. The minimum Gasteiger partial charge on any atom is -0.456 e. The number of hydrogen-bond acceptors (Lipinski definition) is 3. The van der Waals surface area contributed by atoms with E-state index in [2.05, 4.69) is 0 Å². The second-order valence-electron chi connectivity index (χ2n) is 7.11. The van der Waals surface area contributed by atoms with Crippen LogP contribution in [0.4, 0.5) is 32.4 Å². The van der Waals surface area contributed by atoms with Gasteiger partial charge in [0, 0.05) is 12.7 Å². The Balaban J connectivity index is 1.74. The number of carbonyl (C=O) groups excluding carboxylic acids is 2. The van der Waals surface area contributed by atoms with Crippen LogP contribution in [0.15, 0.2) is 54.6 Å². The SMILES string of the molecule is Cc1cc(N(C)C(=O)NC(=O)c2c(F)cccc2F)ccc1Oc1ccc(C(F)(F)F)cc1Cl. The van der Waals surface area contributed by atoms with E-state index < -0.39 is 40.9 Å². The Morgan fingerprint density at radius 1 is 0.971 bits per heavy atom. The molecule has 0 heterocycles. The number of benzene rings is 3. The molecule has 3 rings (SSSR count). The third-order valence-corrected chi connectivity index (χ3v) is 5.04. The van der Waals surface area contributed by atoms with Gasteiger partial charge in [0.25, 0.3) is 5.91 Å². The van der Waals surface area contributed by atoms with Crippen molar-refractivity contribution in [2.24, 2.45) is 0 Å². The van der Waals surface area contributed by atoms with Gasteiger partial charge in [-0.25, -0.2) is 13.6 Å². The van der Waals surface area contributed by atoms with E-state index in [1.165, 1.54) is 25.2 Å². The predicted octanol–water partition coefficient (Wildman–Crippen LogP) is 6.72. The molecule has 0 aromatic heterocycles. The quantitative estimate of drug-likeness (QED) is 0.406. The zero-order valence-electron chi connectivity index (χ0n) is 17.6. The van der Waals surface area contributed by atoms with E-state index in [-0.39, 0.29) is 16.5 Å². The van der Waals surface area contributed by atoms with Gasteiger partial charge in [-0.05, 0) is 61.0 Å². The summed E-state index contributed by atoms with van der Waals surface area (Å²) in [6.07, 6.45) is -4.55. The Morgan fingerprint density at radius 2 is 1.59 bits per heavy atom. The van der Waals surface area contributed by atoms with Gasteiger partial charge in [0.05, 0.1) is 10.6 Å². The van der Waals surface area contributed by atoms with Crippen LogP contribution in [0.25, 0.3) is 0 Å². The lowest BCUT2D eigenvalue weighted by atomic mass is 10.1. The summed E-state index contributed by atoms with van der Waals surface area (Å²) in [5.41, 5.74) is -1.03. The van der Waals surface area contributed by atoms with Crippen molar-refractivity contribution in [3.8, 4) is 11.5 Å². The van der Waals surface area contributed by atoms with E-state index in [0.717, 1.165) is 41.3 Å². The molecule has 3 amide bonds. The molecule has 5 nitrogen and oxygen atoms in total. The number of nitrogens with one attached hydrogen (secondary N) is 1. The molecular formula is C23H16ClF5N2O3. The van der Waals surface area contributed by atoms with Gasteiger partial charge in [0.15, 0.2) is 0 Å². The Bertz CT molecular complexity index is 1240. The van der Waals surface area contributed by atoms with Crippen LogP contribution in [0.3, 0.4) is 0 Å². The highest BCUT2D eigenvalue weighted by molar-refractivity contribution is 6.32. The highest BCUT2D eigenvalue weighted by atomic mass is 35.5. The first kappa shape index (κ1) is 25.0. The minimum absolute atomic E-state index is 0.00544. The molecule has 0 aliphatic heterocycles. The number of ether oxygens (including phenoxy) is 1. The van der Waals surface area contributed by atoms with E-state index in [1.807, 2.05) is 5.32 Å². The molecule has 1 N–H and O–H groups in total. The van der Waals surface area contributed by atoms with Gasteiger partial charge in [-0.15, -0.1) is 0 Å². The van der Waals surface area contributed by atoms with Gasteiger partial charge in [-0.1, -0.05) is 17.7 Å². The van der Waals surface area contributed by atoms with E-state index >= 15 is 0 Å². The summed E-state index contributed by atoms with van der Waals surface area (Å²) < 4.78 is 71.5. The Morgan fingerprint density at radius 3 is 2.15 bits per heavy atom. The molecule has 34 heavy (non-hydrogen) atoms. The fraction of sp³-hybridized carbons (Fsp3) is 0.130. The van der Waals surface area contributed by atoms with Crippen LogP contribution >= 0.6 is 11.6 Å². The van der Waals surface area contributed by atoms with E-state index in [9.17, 15) is 31.5 Å². The average molecular weight is 499 g/mol. The molecule has 0 fully saturated rings. The molecule has 0 atom stereocenters. The lowest BCUT2D eigenvalue weighted by Gasteiger charge is -2.19. The standard InChI is InChI=1S/C23H16ClF5N2O3/c1-12-10-14(31(2)22(33)30-21(32)20-16(25)4-3-5-17(20)26)7-9-18(12)34-19-8-6-13(11-15(19)24)23(27,28)29/h3-11H,1-2H3,(H,30,32,33). The third-order valence-electron chi connectivity index (χ3n) is 4.74. The van der Waals surface area contributed by atoms with Crippen LogP contribution in [-0.2, 0) is 6.18 Å². The van der Waals surface area contributed by atoms with Crippen molar-refractivity contribution in [1.29, 1.82) is 0 Å². The normalized spacial score (nSPS) is 11.2. The van der Waals surface area contributed by atoms with Crippen molar-refractivity contribution in [3.63, 3.8) is 0 Å². The smallest absolute Gasteiger partial charge is 0.416 e. The van der Waals surface area contributed by atoms with Gasteiger partial charge in [-0.2, -0.15) is 13.2 Å². The number of alkyl halides is 3. The van der Waals surface area contributed by atoms with Crippen LogP contribution in [-0.4, -0.2) is 19.0 Å². The first-order valence-corrected chi connectivity index (χ1v) is 9.94. The zero-order valence-corrected chi connectivity index (χ0v) is 18.4. The Kier molecular flexibility index (Phi) is 7.11. The highest BCUT2D eigenvalue weighted by Crippen LogP contribution is 2.37. The number of nitrogens with zero attached hydrogens (tertiary/aromatic N) is 1. The number of imide groups is 1. The number of carbonyl (C=O) groups is 2. The first-order chi connectivity index (χ1) is 15.9. The van der Waals surface area contributed by atoms with Crippen molar-refractivity contribution in [3.05, 3.63) is 87.9 Å². The van der Waals surface area contributed by atoms with Gasteiger partial charge in [0.2, 0.25) is 0 Å². The molecule has 0 aliphatic rings. The Labute approximate surface area is 195 Å². The maximum Gasteiger partial charge on any atom is 0.416 e. The van der Waals surface area contributed by atoms with Gasteiger partial charge >= 0.3 is 12.2 Å². The summed E-state index contributed by atoms with van der Waals surface area (Å²) in [5, 5.41) is 1.66. The maximum absolute atomic E-state index is 13.8. The highest BCUT2D eigenvalue weighted by Gasteiger charge is 2.31. The van der Waals surface area contributed by atoms with Crippen LogP contribution in [0.1, 0.15) is 21.5 Å². The average Bonchev–Trinajstić information content (AvgIpc) is 2.74. The van der Waals surface area contributed by atoms with Gasteiger partial charge < -0.3 is 4.74 Å². The number of anilines is 1. The number of halogens is 6. The summed E-state index contributed by atoms with van der Waals surface area (Å²) in [7, 11) is 1.32. The Hall–Kier alpha value is -3.66. The number of urea groups is 1. The molecule has 11 heteroatoms. The number of aryl methyl sites for hydroxylation is 1. The van der Waals surface area contributed by atoms with Crippen molar-refractivity contribution in [2.45, 2.75) is 13.1 Å². The van der Waals surface area contributed by atoms with Crippen LogP contribution in [0.5, 0.6) is 11.5 Å². The summed E-state index contributed by atoms with van der Waals surface area (Å²) >= 11 is 5.91. The topological polar surface area (TPSA) is 58.6 Å². The zero-order chi connectivity index (χ0) is 25.2. The molecular weight excluding hydrogens is 483 g/mol. The summed E-state index contributed by atoms with van der Waals surface area (Å²) in [6.45, 7) is 1.61. The van der Waals surface area contributed by atoms with E-state index in [1.54, 1.807) is 6.92 Å². The fourth-order valence-electron chi connectivity index (χ4n) is 2.91. The minimum atomic E-state index is -4.55. The van der Waals surface area contributed by atoms with Crippen LogP contribution in [0, 0.1) is 18.6 Å². The van der Waals surface area contributed by atoms with Crippen molar-refractivity contribution >= 4 is 29.2 Å². The lowest BCUT2D eigenvalue weighted by molar-refractivity contribution is -0.137. The van der Waals surface area contributed by atoms with E-state index in [0.29, 0.717) is 11.3 Å². The molecule has 0 aliphatic carbocycles. The molecule has 178 valence electrons. The third kappa shape index (κ3) is 5.45. The number of rotatable bonds is 4. The number of hydrogen-bond donors (Lipinski definition) is 1. The van der Waals surface area contributed by atoms with E-state index in [4.69, 9.17) is 16.3 Å². The summed E-state index contributed by atoms with van der Waals surface area (Å²) in [5.74, 6) is -3.24. The van der Waals surface area contributed by atoms with Crippen molar-refractivity contribution in [2.75, 3.05) is 11.9 Å². The second kappa shape index (κ2) is 9.68. The predicted molar refractivity (Wildman–Crippen MR) is 115 cm³/mol. The first-order valence-electron chi connectivity index (χ1n) is 9.56. The van der Waals surface area contributed by atoms with Crippen LogP contribution < -0.4 is 15.0 Å². The molecule has 3 aromatic rings.